The van der Waals surface area contributed by atoms with Crippen molar-refractivity contribution in [2.24, 2.45) is 0 Å². The molecule has 2 aromatic carbocycles. The van der Waals surface area contributed by atoms with Crippen molar-refractivity contribution in [1.82, 2.24) is 5.32 Å². The monoisotopic (exact) mass is 386 g/mol. The van der Waals surface area contributed by atoms with Gasteiger partial charge in [0.05, 0.1) is 0 Å². The maximum absolute atomic E-state index is 11.6. The van der Waals surface area contributed by atoms with E-state index in [9.17, 15) is 4.79 Å². The normalized spacial score (nSPS) is 14.3. The van der Waals surface area contributed by atoms with E-state index in [2.05, 4.69) is 73.7 Å². The third-order valence-electron chi connectivity index (χ3n) is 5.71. The number of fused-ring (bicyclic) bond motifs is 1. The average Bonchev–Trinajstić information content (AvgIpc) is 2.71. The van der Waals surface area contributed by atoms with E-state index in [0.29, 0.717) is 6.42 Å². The molecule has 1 aliphatic rings. The van der Waals surface area contributed by atoms with Crippen molar-refractivity contribution in [2.45, 2.75) is 59.3 Å². The summed E-state index contributed by atoms with van der Waals surface area (Å²) in [5, 5.41) is 6.12. The second kappa shape index (κ2) is 9.47. The van der Waals surface area contributed by atoms with Gasteiger partial charge in [0.2, 0.25) is 5.91 Å². The summed E-state index contributed by atoms with van der Waals surface area (Å²) in [5.74, 6) is 3.42. The lowest BCUT2D eigenvalue weighted by atomic mass is 9.83. The van der Waals surface area contributed by atoms with Gasteiger partial charge in [-0.1, -0.05) is 43.2 Å². The van der Waals surface area contributed by atoms with Crippen LogP contribution in [0.2, 0.25) is 0 Å². The largest absolute Gasteiger partial charge is 0.326 e. The van der Waals surface area contributed by atoms with Crippen LogP contribution in [0.15, 0.2) is 48.2 Å². The first-order valence-electron chi connectivity index (χ1n) is 10.4. The number of nitrogens with one attached hydrogen (secondary N) is 2. The zero-order valence-corrected chi connectivity index (χ0v) is 17.9. The number of amides is 1. The van der Waals surface area contributed by atoms with Crippen LogP contribution in [-0.4, -0.2) is 5.91 Å². The van der Waals surface area contributed by atoms with Gasteiger partial charge in [-0.2, -0.15) is 0 Å². The maximum Gasteiger partial charge on any atom is 0.224 e. The molecule has 150 valence electrons. The van der Waals surface area contributed by atoms with Gasteiger partial charge in [0, 0.05) is 36.7 Å². The van der Waals surface area contributed by atoms with E-state index in [-0.39, 0.29) is 11.8 Å². The molecule has 0 aromatic heterocycles. The van der Waals surface area contributed by atoms with E-state index < -0.39 is 0 Å². The summed E-state index contributed by atoms with van der Waals surface area (Å²) in [4.78, 5) is 11.6. The number of hydrogen-bond donors (Lipinski definition) is 2. The van der Waals surface area contributed by atoms with Gasteiger partial charge < -0.3 is 10.6 Å². The van der Waals surface area contributed by atoms with Gasteiger partial charge in [-0.15, -0.1) is 0 Å². The van der Waals surface area contributed by atoms with Crippen molar-refractivity contribution >= 4 is 11.6 Å². The smallest absolute Gasteiger partial charge is 0.224 e. The van der Waals surface area contributed by atoms with Crippen LogP contribution in [0.25, 0.3) is 0 Å². The molecule has 0 spiro atoms. The molecule has 0 saturated heterocycles. The Kier molecular flexibility index (Phi) is 6.77. The summed E-state index contributed by atoms with van der Waals surface area (Å²) in [6.07, 6.45) is 5.17. The van der Waals surface area contributed by atoms with Crippen molar-refractivity contribution in [2.75, 3.05) is 5.32 Å². The lowest BCUT2D eigenvalue weighted by Gasteiger charge is -2.23. The van der Waals surface area contributed by atoms with Crippen LogP contribution in [0, 0.1) is 25.8 Å². The molecule has 1 atom stereocenters. The lowest BCUT2D eigenvalue weighted by Crippen LogP contribution is -2.19. The Morgan fingerprint density at radius 1 is 1.24 bits per heavy atom. The molecule has 0 saturated carbocycles. The number of rotatable bonds is 5. The first kappa shape index (κ1) is 20.7. The van der Waals surface area contributed by atoms with Gasteiger partial charge in [-0.3, -0.25) is 4.79 Å². The first-order chi connectivity index (χ1) is 14.0. The molecule has 1 aliphatic heterocycles. The summed E-state index contributed by atoms with van der Waals surface area (Å²) in [5.41, 5.74) is 8.75. The van der Waals surface area contributed by atoms with E-state index in [4.69, 9.17) is 0 Å². The predicted octanol–water partition coefficient (Wildman–Crippen LogP) is 5.38. The van der Waals surface area contributed by atoms with Crippen LogP contribution >= 0.6 is 0 Å². The molecule has 0 radical (unpaired) electrons. The summed E-state index contributed by atoms with van der Waals surface area (Å²) < 4.78 is 0. The van der Waals surface area contributed by atoms with Gasteiger partial charge in [-0.05, 0) is 73.1 Å². The van der Waals surface area contributed by atoms with Crippen LogP contribution in [0.5, 0.6) is 0 Å². The van der Waals surface area contributed by atoms with Crippen LogP contribution < -0.4 is 10.6 Å². The molecule has 29 heavy (non-hydrogen) atoms. The SMILES string of the molecule is CCC#CN/C=C(\C)C(Cc1ccc2c(c1)CCC(=O)N2)c1cccc(C)c1C. The van der Waals surface area contributed by atoms with Gasteiger partial charge in [0.25, 0.3) is 0 Å². The number of carbonyl (C=O) groups is 1. The van der Waals surface area contributed by atoms with Crippen molar-refractivity contribution in [3.05, 3.63) is 76.0 Å². The zero-order chi connectivity index (χ0) is 20.8. The van der Waals surface area contributed by atoms with E-state index >= 15 is 0 Å². The van der Waals surface area contributed by atoms with E-state index in [1.165, 1.54) is 33.4 Å². The lowest BCUT2D eigenvalue weighted by molar-refractivity contribution is -0.116. The minimum absolute atomic E-state index is 0.108. The Labute approximate surface area is 174 Å². The number of carbonyl (C=O) groups excluding carboxylic acids is 1. The molecular weight excluding hydrogens is 356 g/mol. The fourth-order valence-electron chi connectivity index (χ4n) is 3.86. The molecule has 2 aromatic rings. The van der Waals surface area contributed by atoms with Gasteiger partial charge in [0.15, 0.2) is 0 Å². The van der Waals surface area contributed by atoms with Crippen LogP contribution in [0.3, 0.4) is 0 Å². The molecule has 0 bridgehead atoms. The number of aryl methyl sites for hydroxylation is 2. The van der Waals surface area contributed by atoms with E-state index in [1.54, 1.807) is 0 Å². The molecule has 3 rings (SSSR count). The highest BCUT2D eigenvalue weighted by atomic mass is 16.1. The fourth-order valence-corrected chi connectivity index (χ4v) is 3.86. The molecule has 1 amide bonds. The third kappa shape index (κ3) is 5.09. The highest BCUT2D eigenvalue weighted by Crippen LogP contribution is 2.33. The summed E-state index contributed by atoms with van der Waals surface area (Å²) in [7, 11) is 0. The minimum atomic E-state index is 0.108. The van der Waals surface area contributed by atoms with Crippen molar-refractivity contribution in [3.63, 3.8) is 0 Å². The first-order valence-corrected chi connectivity index (χ1v) is 10.4. The summed E-state index contributed by atoms with van der Waals surface area (Å²) in [6, 6.07) is 16.0. The number of benzene rings is 2. The molecule has 3 nitrogen and oxygen atoms in total. The highest BCUT2D eigenvalue weighted by Gasteiger charge is 2.20. The summed E-state index contributed by atoms with van der Waals surface area (Å²) in [6.45, 7) is 8.59. The van der Waals surface area contributed by atoms with Gasteiger partial charge in [0.1, 0.15) is 0 Å². The molecule has 1 heterocycles. The van der Waals surface area contributed by atoms with Crippen LogP contribution in [0.4, 0.5) is 5.69 Å². The quantitative estimate of drug-likeness (QED) is 0.535. The molecule has 0 fully saturated rings. The minimum Gasteiger partial charge on any atom is -0.326 e. The van der Waals surface area contributed by atoms with Gasteiger partial charge in [-0.25, -0.2) is 0 Å². The number of anilines is 1. The second-order valence-electron chi connectivity index (χ2n) is 7.77. The van der Waals surface area contributed by atoms with E-state index in [1.807, 2.05) is 19.2 Å². The van der Waals surface area contributed by atoms with E-state index in [0.717, 1.165) is 24.9 Å². The Morgan fingerprint density at radius 2 is 2.07 bits per heavy atom. The molecular formula is C26H30N2O. The third-order valence-corrected chi connectivity index (χ3v) is 5.71. The van der Waals surface area contributed by atoms with Crippen LogP contribution in [0.1, 0.15) is 60.4 Å². The molecule has 0 aliphatic carbocycles. The Morgan fingerprint density at radius 3 is 2.86 bits per heavy atom. The Balaban J connectivity index is 1.93. The maximum atomic E-state index is 11.6. The number of hydrogen-bond acceptors (Lipinski definition) is 2. The molecule has 2 N–H and O–H groups in total. The highest BCUT2D eigenvalue weighted by molar-refractivity contribution is 5.93. The fraction of sp³-hybridized carbons (Fsp3) is 0.346. The molecule has 1 unspecified atom stereocenters. The Bertz CT molecular complexity index is 991. The van der Waals surface area contributed by atoms with Crippen LogP contribution in [-0.2, 0) is 17.6 Å². The van der Waals surface area contributed by atoms with Gasteiger partial charge >= 0.3 is 0 Å². The average molecular weight is 387 g/mol. The topological polar surface area (TPSA) is 41.1 Å². The predicted molar refractivity (Wildman–Crippen MR) is 121 cm³/mol. The number of allylic oxidation sites excluding steroid dienone is 1. The standard InChI is InChI=1S/C26H30N2O/c1-5-6-14-27-17-19(3)24(23-9-7-8-18(2)20(23)4)16-21-10-12-25-22(15-21)11-13-26(29)28-25/h7-10,12,15,17,24,27H,5,11,13,16H2,1-4H3,(H,28,29)/b19-17+. The molecule has 3 heteroatoms. The summed E-state index contributed by atoms with van der Waals surface area (Å²) >= 11 is 0. The van der Waals surface area contributed by atoms with Crippen molar-refractivity contribution in [3.8, 4) is 12.0 Å². The zero-order valence-electron chi connectivity index (χ0n) is 17.9. The Hall–Kier alpha value is -2.99. The van der Waals surface area contributed by atoms with Crippen molar-refractivity contribution in [1.29, 1.82) is 0 Å². The van der Waals surface area contributed by atoms with Crippen molar-refractivity contribution < 1.29 is 4.79 Å². The second-order valence-corrected chi connectivity index (χ2v) is 7.77.